The quantitative estimate of drug-likeness (QED) is 0.602. The highest BCUT2D eigenvalue weighted by molar-refractivity contribution is 5.97. The minimum atomic E-state index is -0.152. The largest absolute Gasteiger partial charge is 0.380 e. The summed E-state index contributed by atoms with van der Waals surface area (Å²) >= 11 is 0. The number of nitrogens with zero attached hydrogens (tertiary/aromatic N) is 3. The summed E-state index contributed by atoms with van der Waals surface area (Å²) in [5, 5.41) is 0. The fraction of sp³-hybridized carbons (Fsp3) is 0.522. The van der Waals surface area contributed by atoms with Gasteiger partial charge in [0.2, 0.25) is 0 Å². The van der Waals surface area contributed by atoms with Gasteiger partial charge in [0.15, 0.2) is 0 Å². The minimum Gasteiger partial charge on any atom is -0.380 e. The Balaban J connectivity index is 1.71. The van der Waals surface area contributed by atoms with Gasteiger partial charge in [0.05, 0.1) is 23.8 Å². The van der Waals surface area contributed by atoms with Crippen LogP contribution < -0.4 is 5.56 Å². The van der Waals surface area contributed by atoms with E-state index in [1.54, 1.807) is 24.2 Å². The lowest BCUT2D eigenvalue weighted by molar-refractivity contribution is 0.0696. The van der Waals surface area contributed by atoms with Gasteiger partial charge in [0.25, 0.3) is 11.5 Å². The zero-order valence-corrected chi connectivity index (χ0v) is 17.8. The minimum absolute atomic E-state index is 0.0596. The third-order valence-electron chi connectivity index (χ3n) is 5.99. The Bertz CT molecular complexity index is 1090. The van der Waals surface area contributed by atoms with Crippen LogP contribution in [0.5, 0.6) is 0 Å². The number of ether oxygens (including phenoxy) is 1. The number of aromatic amines is 1. The highest BCUT2D eigenvalue weighted by Crippen LogP contribution is 2.33. The second kappa shape index (κ2) is 9.00. The van der Waals surface area contributed by atoms with Crippen molar-refractivity contribution >= 4 is 22.5 Å². The number of carbonyl (C=O) groups excluding carboxylic acids is 1. The summed E-state index contributed by atoms with van der Waals surface area (Å²) in [4.78, 5) is 34.8. The smallest absolute Gasteiger partial charge is 0.274 e. The molecule has 1 N–H and O–H groups in total. The maximum Gasteiger partial charge on any atom is 0.274 e. The molecule has 1 aliphatic rings. The molecule has 0 radical (unpaired) electrons. The molecule has 0 atom stereocenters. The summed E-state index contributed by atoms with van der Waals surface area (Å²) in [5.41, 5.74) is 2.52. The number of nitrogens with one attached hydrogen (secondary N) is 1. The molecule has 1 amide bonds. The van der Waals surface area contributed by atoms with Gasteiger partial charge in [-0.15, -0.1) is 0 Å². The molecule has 2 aromatic heterocycles. The van der Waals surface area contributed by atoms with E-state index in [2.05, 4.69) is 16.9 Å². The van der Waals surface area contributed by atoms with Gasteiger partial charge >= 0.3 is 0 Å². The van der Waals surface area contributed by atoms with Crippen LogP contribution in [0.3, 0.4) is 0 Å². The maximum atomic E-state index is 13.0. The van der Waals surface area contributed by atoms with Gasteiger partial charge in [-0.3, -0.25) is 14.0 Å². The van der Waals surface area contributed by atoms with Gasteiger partial charge in [-0.25, -0.2) is 4.98 Å². The number of imidazole rings is 1. The van der Waals surface area contributed by atoms with Crippen molar-refractivity contribution in [2.24, 2.45) is 0 Å². The number of hydrogen-bond acceptors (Lipinski definition) is 4. The van der Waals surface area contributed by atoms with E-state index in [1.807, 2.05) is 16.5 Å². The van der Waals surface area contributed by atoms with Crippen LogP contribution in [0.1, 0.15) is 67.5 Å². The normalized spacial score (nSPS) is 15.1. The molecular formula is C23H30N4O3. The summed E-state index contributed by atoms with van der Waals surface area (Å²) in [7, 11) is 1.79. The standard InChI is InChI=1S/C23H30N4O3/c1-3-12-30-13-11-26(2)23(29)17-9-10-18-19(14-17)27-20(22(28)25-18)15-24-21(27)16-7-5-4-6-8-16/h9-10,14-16H,3-8,11-13H2,1-2H3,(H,25,28). The van der Waals surface area contributed by atoms with Crippen LogP contribution in [-0.2, 0) is 4.74 Å². The van der Waals surface area contributed by atoms with Crippen molar-refractivity contribution in [2.75, 3.05) is 26.8 Å². The van der Waals surface area contributed by atoms with Crippen LogP contribution in [-0.4, -0.2) is 52.0 Å². The van der Waals surface area contributed by atoms with Gasteiger partial charge in [0, 0.05) is 31.7 Å². The van der Waals surface area contributed by atoms with E-state index in [0.717, 1.165) is 30.6 Å². The summed E-state index contributed by atoms with van der Waals surface area (Å²) in [6.07, 6.45) is 8.44. The molecule has 0 unspecified atom stereocenters. The SMILES string of the molecule is CCCOCCN(C)C(=O)c1ccc2[nH]c(=O)c3cnc(C4CCCCC4)n3c2c1. The molecule has 7 nitrogen and oxygen atoms in total. The van der Waals surface area contributed by atoms with Gasteiger partial charge in [-0.2, -0.15) is 0 Å². The van der Waals surface area contributed by atoms with Crippen LogP contribution in [0.2, 0.25) is 0 Å². The summed E-state index contributed by atoms with van der Waals surface area (Å²) in [6.45, 7) is 3.82. The predicted octanol–water partition coefficient (Wildman–Crippen LogP) is 3.72. The average Bonchev–Trinajstić information content (AvgIpc) is 3.23. The zero-order chi connectivity index (χ0) is 21.1. The van der Waals surface area contributed by atoms with Gasteiger partial charge in [0.1, 0.15) is 11.3 Å². The Labute approximate surface area is 176 Å². The van der Waals surface area contributed by atoms with E-state index in [9.17, 15) is 9.59 Å². The van der Waals surface area contributed by atoms with Gasteiger partial charge in [-0.1, -0.05) is 26.2 Å². The van der Waals surface area contributed by atoms with E-state index in [-0.39, 0.29) is 11.5 Å². The average molecular weight is 411 g/mol. The lowest BCUT2D eigenvalue weighted by Crippen LogP contribution is -2.30. The van der Waals surface area contributed by atoms with Crippen LogP contribution in [0, 0.1) is 0 Å². The third-order valence-corrected chi connectivity index (χ3v) is 5.99. The van der Waals surface area contributed by atoms with Crippen LogP contribution in [0.15, 0.2) is 29.2 Å². The molecule has 7 heteroatoms. The number of aromatic nitrogens is 3. The maximum absolute atomic E-state index is 13.0. The number of benzene rings is 1. The van der Waals surface area contributed by atoms with Crippen molar-refractivity contribution in [3.8, 4) is 0 Å². The second-order valence-electron chi connectivity index (χ2n) is 8.20. The lowest BCUT2D eigenvalue weighted by Gasteiger charge is -2.21. The van der Waals surface area contributed by atoms with Crippen LogP contribution in [0.4, 0.5) is 0 Å². The third kappa shape index (κ3) is 3.99. The first-order valence-corrected chi connectivity index (χ1v) is 11.0. The highest BCUT2D eigenvalue weighted by atomic mass is 16.5. The van der Waals surface area contributed by atoms with E-state index in [0.29, 0.717) is 42.3 Å². The van der Waals surface area contributed by atoms with Crippen LogP contribution >= 0.6 is 0 Å². The Kier molecular flexibility index (Phi) is 6.18. The molecule has 4 rings (SSSR count). The molecule has 0 saturated heterocycles. The molecule has 3 aromatic rings. The fourth-order valence-corrected chi connectivity index (χ4v) is 4.34. The summed E-state index contributed by atoms with van der Waals surface area (Å²) in [6, 6.07) is 5.46. The van der Waals surface area contributed by atoms with Crippen molar-refractivity contribution in [3.63, 3.8) is 0 Å². The van der Waals surface area contributed by atoms with Gasteiger partial charge < -0.3 is 14.6 Å². The highest BCUT2D eigenvalue weighted by Gasteiger charge is 2.22. The molecule has 0 aliphatic heterocycles. The van der Waals surface area contributed by atoms with Crippen LogP contribution in [0.25, 0.3) is 16.6 Å². The molecule has 2 heterocycles. The van der Waals surface area contributed by atoms with E-state index in [1.165, 1.54) is 19.3 Å². The zero-order valence-electron chi connectivity index (χ0n) is 17.8. The predicted molar refractivity (Wildman–Crippen MR) is 117 cm³/mol. The first-order chi connectivity index (χ1) is 14.6. The molecule has 1 aromatic carbocycles. The molecule has 0 spiro atoms. The number of fused-ring (bicyclic) bond motifs is 3. The topological polar surface area (TPSA) is 79.7 Å². The first kappa shape index (κ1) is 20.6. The molecule has 30 heavy (non-hydrogen) atoms. The molecular weight excluding hydrogens is 380 g/mol. The molecule has 160 valence electrons. The van der Waals surface area contributed by atoms with Gasteiger partial charge in [-0.05, 0) is 37.5 Å². The molecule has 1 saturated carbocycles. The Morgan fingerprint density at radius 1 is 1.23 bits per heavy atom. The lowest BCUT2D eigenvalue weighted by atomic mass is 9.88. The Morgan fingerprint density at radius 2 is 2.03 bits per heavy atom. The Morgan fingerprint density at radius 3 is 2.80 bits per heavy atom. The molecule has 0 bridgehead atoms. The van der Waals surface area contributed by atoms with E-state index >= 15 is 0 Å². The monoisotopic (exact) mass is 410 g/mol. The fourth-order valence-electron chi connectivity index (χ4n) is 4.34. The number of amides is 1. The first-order valence-electron chi connectivity index (χ1n) is 11.0. The number of H-pyrrole nitrogens is 1. The van der Waals surface area contributed by atoms with Crippen molar-refractivity contribution in [3.05, 3.63) is 46.1 Å². The molecule has 1 aliphatic carbocycles. The van der Waals surface area contributed by atoms with Crippen molar-refractivity contribution in [2.45, 2.75) is 51.4 Å². The van der Waals surface area contributed by atoms with Crippen molar-refractivity contribution < 1.29 is 9.53 Å². The van der Waals surface area contributed by atoms with Crippen molar-refractivity contribution in [1.29, 1.82) is 0 Å². The Hall–Kier alpha value is -2.67. The second-order valence-corrected chi connectivity index (χ2v) is 8.20. The van der Waals surface area contributed by atoms with E-state index < -0.39 is 0 Å². The summed E-state index contributed by atoms with van der Waals surface area (Å²) in [5.74, 6) is 1.23. The number of carbonyl (C=O) groups is 1. The van der Waals surface area contributed by atoms with Crippen molar-refractivity contribution in [1.82, 2.24) is 19.3 Å². The van der Waals surface area contributed by atoms with E-state index in [4.69, 9.17) is 4.74 Å². The number of rotatable bonds is 7. The summed E-state index contributed by atoms with van der Waals surface area (Å²) < 4.78 is 7.47. The molecule has 1 fully saturated rings. The number of hydrogen-bond donors (Lipinski definition) is 1. The number of likely N-dealkylation sites (N-methyl/N-ethyl adjacent to an activating group) is 1.